The van der Waals surface area contributed by atoms with E-state index >= 15 is 0 Å². The summed E-state index contributed by atoms with van der Waals surface area (Å²) in [6, 6.07) is 21.2. The second-order valence-corrected chi connectivity index (χ2v) is 9.27. The van der Waals surface area contributed by atoms with Gasteiger partial charge >= 0.3 is 0 Å². The van der Waals surface area contributed by atoms with E-state index in [-0.39, 0.29) is 5.91 Å². The van der Waals surface area contributed by atoms with E-state index in [1.54, 1.807) is 18.3 Å². The summed E-state index contributed by atoms with van der Waals surface area (Å²) in [5, 5.41) is 12.1. The Bertz CT molecular complexity index is 1600. The first-order chi connectivity index (χ1) is 17.2. The van der Waals surface area contributed by atoms with Gasteiger partial charge in [-0.1, -0.05) is 42.1 Å². The molecule has 5 heterocycles. The predicted octanol–water partition coefficient (Wildman–Crippen LogP) is 4.65. The van der Waals surface area contributed by atoms with E-state index in [1.807, 2.05) is 72.1 Å². The number of methoxy groups -OCH3 is 1. The van der Waals surface area contributed by atoms with E-state index in [1.165, 1.54) is 11.8 Å². The van der Waals surface area contributed by atoms with Crippen molar-refractivity contribution in [2.24, 2.45) is 5.10 Å². The summed E-state index contributed by atoms with van der Waals surface area (Å²) in [7, 11) is 1.60. The standard InChI is InChI=1S/C26H17N5O3S/c1-33-17-9-10-20-19(13-17)26(25(32)28-20)31-21(14-35-26)34-24(30-31)18-12-16-8-5-11-27-23(16)29-22(18)15-6-3-2-4-7-15/h2-14H,1H3,(H,28,32). The molecule has 1 amide bonds. The number of carbonyl (C=O) groups is 1. The lowest BCUT2D eigenvalue weighted by Crippen LogP contribution is -2.41. The van der Waals surface area contributed by atoms with Crippen LogP contribution < -0.4 is 10.1 Å². The summed E-state index contributed by atoms with van der Waals surface area (Å²) >= 11 is 1.35. The minimum Gasteiger partial charge on any atom is -0.497 e. The maximum Gasteiger partial charge on any atom is 0.268 e. The first-order valence-electron chi connectivity index (χ1n) is 10.9. The van der Waals surface area contributed by atoms with Gasteiger partial charge in [0, 0.05) is 33.8 Å². The Morgan fingerprint density at radius 3 is 2.83 bits per heavy atom. The Morgan fingerprint density at radius 2 is 1.97 bits per heavy atom. The fraction of sp³-hybridized carbons (Fsp3) is 0.0769. The predicted molar refractivity (Wildman–Crippen MR) is 133 cm³/mol. The molecule has 2 aromatic heterocycles. The lowest BCUT2D eigenvalue weighted by molar-refractivity contribution is -0.121. The normalized spacial score (nSPS) is 19.8. The second-order valence-electron chi connectivity index (χ2n) is 8.20. The highest BCUT2D eigenvalue weighted by Gasteiger charge is 2.59. The van der Waals surface area contributed by atoms with Crippen LogP contribution in [0.25, 0.3) is 22.3 Å². The number of fused-ring (bicyclic) bond motifs is 5. The molecule has 0 radical (unpaired) electrons. The molecule has 3 aliphatic rings. The summed E-state index contributed by atoms with van der Waals surface area (Å²) in [5.41, 5.74) is 4.48. The topological polar surface area (TPSA) is 88.9 Å². The van der Waals surface area contributed by atoms with Gasteiger partial charge in [-0.25, -0.2) is 9.97 Å². The molecule has 0 saturated heterocycles. The number of hydrogen-bond donors (Lipinski definition) is 1. The van der Waals surface area contributed by atoms with Crippen molar-refractivity contribution in [3.8, 4) is 17.0 Å². The number of carbonyl (C=O) groups excluding carboxylic acids is 1. The number of anilines is 1. The Hall–Kier alpha value is -4.37. The Balaban J connectivity index is 1.39. The molecule has 170 valence electrons. The van der Waals surface area contributed by atoms with Crippen molar-refractivity contribution >= 4 is 40.3 Å². The van der Waals surface area contributed by atoms with Crippen molar-refractivity contribution < 1.29 is 14.3 Å². The van der Waals surface area contributed by atoms with Gasteiger partial charge in [0.05, 0.1) is 18.4 Å². The van der Waals surface area contributed by atoms with Gasteiger partial charge in [-0.05, 0) is 36.4 Å². The summed E-state index contributed by atoms with van der Waals surface area (Å²) in [5.74, 6) is 1.34. The smallest absolute Gasteiger partial charge is 0.268 e. The maximum absolute atomic E-state index is 13.3. The van der Waals surface area contributed by atoms with E-state index in [2.05, 4.69) is 10.3 Å². The van der Waals surface area contributed by atoms with Gasteiger partial charge in [-0.2, -0.15) is 5.01 Å². The van der Waals surface area contributed by atoms with Crippen LogP contribution in [0.2, 0.25) is 0 Å². The molecule has 0 bridgehead atoms. The van der Waals surface area contributed by atoms with Crippen molar-refractivity contribution in [1.82, 2.24) is 15.0 Å². The van der Waals surface area contributed by atoms with E-state index in [4.69, 9.17) is 19.6 Å². The highest BCUT2D eigenvalue weighted by molar-refractivity contribution is 8.04. The number of nitrogens with zero attached hydrogens (tertiary/aromatic N) is 4. The minimum absolute atomic E-state index is 0.185. The number of thioether (sulfide) groups is 1. The van der Waals surface area contributed by atoms with Gasteiger partial charge in [0.15, 0.2) is 5.65 Å². The van der Waals surface area contributed by atoms with E-state index in [9.17, 15) is 4.79 Å². The number of pyridine rings is 2. The van der Waals surface area contributed by atoms with Gasteiger partial charge in [0.25, 0.3) is 5.91 Å². The van der Waals surface area contributed by atoms with Crippen LogP contribution in [0, 0.1) is 0 Å². The molecule has 9 heteroatoms. The van der Waals surface area contributed by atoms with Crippen molar-refractivity contribution in [2.75, 3.05) is 12.4 Å². The quantitative estimate of drug-likeness (QED) is 0.458. The van der Waals surface area contributed by atoms with Gasteiger partial charge in [-0.15, -0.1) is 5.10 Å². The van der Waals surface area contributed by atoms with Crippen molar-refractivity contribution in [3.05, 3.63) is 95.3 Å². The summed E-state index contributed by atoms with van der Waals surface area (Å²) in [6.45, 7) is 0. The molecular formula is C26H17N5O3S. The average molecular weight is 480 g/mol. The SMILES string of the molecule is COc1ccc2c(c1)C1(SC=C3OC(c4cc5cccnc5nc4-c4ccccc4)=NN31)C(=O)N2. The Kier molecular flexibility index (Phi) is 4.19. The van der Waals surface area contributed by atoms with Gasteiger partial charge in [0.1, 0.15) is 5.75 Å². The highest BCUT2D eigenvalue weighted by Crippen LogP contribution is 2.57. The monoisotopic (exact) mass is 479 g/mol. The van der Waals surface area contributed by atoms with Crippen LogP contribution >= 0.6 is 11.8 Å². The van der Waals surface area contributed by atoms with Crippen LogP contribution in [0.1, 0.15) is 11.1 Å². The number of amides is 1. The zero-order valence-electron chi connectivity index (χ0n) is 18.4. The molecule has 2 aromatic carbocycles. The number of nitrogens with one attached hydrogen (secondary N) is 1. The first kappa shape index (κ1) is 20.0. The van der Waals surface area contributed by atoms with Crippen LogP contribution in [-0.4, -0.2) is 33.9 Å². The third kappa shape index (κ3) is 2.82. The zero-order valence-corrected chi connectivity index (χ0v) is 19.2. The third-order valence-corrected chi connectivity index (χ3v) is 7.48. The molecule has 4 aromatic rings. The average Bonchev–Trinajstić information content (AvgIpc) is 3.56. The number of aromatic nitrogens is 2. The fourth-order valence-electron chi connectivity index (χ4n) is 4.58. The molecule has 0 aliphatic carbocycles. The highest BCUT2D eigenvalue weighted by atomic mass is 32.2. The fourth-order valence-corrected chi connectivity index (χ4v) is 5.68. The zero-order chi connectivity index (χ0) is 23.6. The van der Waals surface area contributed by atoms with Crippen molar-refractivity contribution in [2.45, 2.75) is 4.87 Å². The Labute approximate surface area is 204 Å². The van der Waals surface area contributed by atoms with Gasteiger partial charge in [0.2, 0.25) is 16.7 Å². The van der Waals surface area contributed by atoms with Crippen LogP contribution in [0.5, 0.6) is 5.75 Å². The molecule has 1 atom stereocenters. The molecule has 0 fully saturated rings. The molecule has 3 aliphatic heterocycles. The van der Waals surface area contributed by atoms with Crippen molar-refractivity contribution in [1.29, 1.82) is 0 Å². The lowest BCUT2D eigenvalue weighted by atomic mass is 10.0. The maximum atomic E-state index is 13.3. The molecule has 35 heavy (non-hydrogen) atoms. The first-order valence-corrected chi connectivity index (χ1v) is 11.8. The minimum atomic E-state index is -1.11. The van der Waals surface area contributed by atoms with Crippen LogP contribution in [-0.2, 0) is 14.4 Å². The van der Waals surface area contributed by atoms with E-state index in [0.29, 0.717) is 28.9 Å². The summed E-state index contributed by atoms with van der Waals surface area (Å²) in [4.78, 5) is 21.5. The molecule has 8 nitrogen and oxygen atoms in total. The number of hydrazone groups is 1. The van der Waals surface area contributed by atoms with Crippen molar-refractivity contribution in [3.63, 3.8) is 0 Å². The number of benzene rings is 2. The van der Waals surface area contributed by atoms with Crippen LogP contribution in [0.4, 0.5) is 5.69 Å². The summed E-state index contributed by atoms with van der Waals surface area (Å²) in [6.07, 6.45) is 1.72. The second kappa shape index (κ2) is 7.31. The van der Waals surface area contributed by atoms with E-state index in [0.717, 1.165) is 27.8 Å². The number of hydrogen-bond acceptors (Lipinski definition) is 8. The molecule has 7 rings (SSSR count). The van der Waals surface area contributed by atoms with Gasteiger partial charge < -0.3 is 14.8 Å². The largest absolute Gasteiger partial charge is 0.497 e. The summed E-state index contributed by atoms with van der Waals surface area (Å²) < 4.78 is 11.7. The lowest BCUT2D eigenvalue weighted by Gasteiger charge is -2.27. The van der Waals surface area contributed by atoms with Crippen LogP contribution in [0.3, 0.4) is 0 Å². The number of ether oxygens (including phenoxy) is 2. The molecule has 1 spiro atoms. The van der Waals surface area contributed by atoms with Gasteiger partial charge in [-0.3, -0.25) is 4.79 Å². The molecular weight excluding hydrogens is 462 g/mol. The van der Waals surface area contributed by atoms with Crippen LogP contribution in [0.15, 0.2) is 89.3 Å². The Morgan fingerprint density at radius 1 is 1.09 bits per heavy atom. The third-order valence-electron chi connectivity index (χ3n) is 6.24. The number of rotatable bonds is 3. The molecule has 1 N–H and O–H groups in total. The van der Waals surface area contributed by atoms with E-state index < -0.39 is 4.87 Å². The molecule has 1 unspecified atom stereocenters. The molecule has 0 saturated carbocycles.